The molecule has 0 spiro atoms. The van der Waals surface area contributed by atoms with Gasteiger partial charge in [-0.1, -0.05) is 36.4 Å². The number of fused-ring (bicyclic) bond motifs is 1. The molecule has 0 fully saturated rings. The predicted molar refractivity (Wildman–Crippen MR) is 117 cm³/mol. The Morgan fingerprint density at radius 2 is 1.65 bits per heavy atom. The van der Waals surface area contributed by atoms with Crippen molar-refractivity contribution in [2.45, 2.75) is 38.5 Å². The van der Waals surface area contributed by atoms with E-state index in [0.717, 1.165) is 23.3 Å². The summed E-state index contributed by atoms with van der Waals surface area (Å²) < 4.78 is 63.1. The van der Waals surface area contributed by atoms with Gasteiger partial charge in [-0.25, -0.2) is 4.68 Å². The normalized spacial score (nSPS) is 18.6. The van der Waals surface area contributed by atoms with Crippen molar-refractivity contribution in [1.29, 1.82) is 0 Å². The Labute approximate surface area is 192 Å². The number of rotatable bonds is 6. The Bertz CT molecular complexity index is 1260. The summed E-state index contributed by atoms with van der Waals surface area (Å²) in [6.07, 6.45) is 5.35. The molecule has 1 aliphatic carbocycles. The lowest BCUT2D eigenvalue weighted by atomic mass is 9.83. The molecule has 3 aromatic rings. The summed E-state index contributed by atoms with van der Waals surface area (Å²) in [6, 6.07) is 12.7. The van der Waals surface area contributed by atoms with Crippen LogP contribution in [0.4, 0.5) is 23.5 Å². The third-order valence-electron chi connectivity index (χ3n) is 5.81. The van der Waals surface area contributed by atoms with E-state index in [0.29, 0.717) is 29.9 Å². The first-order valence-corrected chi connectivity index (χ1v) is 10.7. The molecule has 0 saturated carbocycles. The maximum absolute atomic E-state index is 13.1. The number of hydrogen-bond acceptors (Lipinski definition) is 5. The molecular formula is C24H20F4N4O2. The number of nitrogens with zero attached hydrogens (tertiary/aromatic N) is 3. The lowest BCUT2D eigenvalue weighted by molar-refractivity contribution is -0.0510. The highest BCUT2D eigenvalue weighted by Crippen LogP contribution is 2.46. The second-order valence-corrected chi connectivity index (χ2v) is 7.81. The summed E-state index contributed by atoms with van der Waals surface area (Å²) >= 11 is 0. The van der Waals surface area contributed by atoms with Gasteiger partial charge in [-0.15, -0.1) is 0 Å². The Balaban J connectivity index is 1.63. The third kappa shape index (κ3) is 4.23. The van der Waals surface area contributed by atoms with Crippen LogP contribution in [0.2, 0.25) is 0 Å². The van der Waals surface area contributed by atoms with Crippen LogP contribution in [0.25, 0.3) is 6.08 Å². The van der Waals surface area contributed by atoms with E-state index < -0.39 is 19.3 Å². The van der Waals surface area contributed by atoms with E-state index >= 15 is 0 Å². The van der Waals surface area contributed by atoms with Gasteiger partial charge in [0.1, 0.15) is 23.9 Å². The van der Waals surface area contributed by atoms with Gasteiger partial charge in [0.25, 0.3) is 0 Å². The Kier molecular flexibility index (Phi) is 5.95. The summed E-state index contributed by atoms with van der Waals surface area (Å²) in [7, 11) is 0. The van der Waals surface area contributed by atoms with Crippen molar-refractivity contribution in [3.8, 4) is 11.5 Å². The molecule has 1 unspecified atom stereocenters. The zero-order chi connectivity index (χ0) is 23.7. The van der Waals surface area contributed by atoms with Crippen LogP contribution >= 0.6 is 0 Å². The molecule has 0 saturated heterocycles. The SMILES string of the molecule is FC(F)Oc1ccccc1/C=C1\CCCC2=C1Nc1ncnn1C2c1ccccc1OC(F)F. The number of aromatic nitrogens is 3. The summed E-state index contributed by atoms with van der Waals surface area (Å²) in [4.78, 5) is 4.28. The van der Waals surface area contributed by atoms with Crippen LogP contribution in [0.15, 0.2) is 71.7 Å². The van der Waals surface area contributed by atoms with Crippen molar-refractivity contribution in [3.05, 3.63) is 82.8 Å². The van der Waals surface area contributed by atoms with Crippen LogP contribution in [0.1, 0.15) is 36.4 Å². The number of halogens is 4. The number of para-hydroxylation sites is 2. The van der Waals surface area contributed by atoms with Gasteiger partial charge in [-0.2, -0.15) is 27.6 Å². The Morgan fingerprint density at radius 1 is 0.941 bits per heavy atom. The number of alkyl halides is 4. The van der Waals surface area contributed by atoms with E-state index in [4.69, 9.17) is 4.74 Å². The minimum Gasteiger partial charge on any atom is -0.434 e. The fourth-order valence-electron chi connectivity index (χ4n) is 4.51. The van der Waals surface area contributed by atoms with Crippen LogP contribution < -0.4 is 14.8 Å². The minimum atomic E-state index is -2.97. The third-order valence-corrected chi connectivity index (χ3v) is 5.81. The van der Waals surface area contributed by atoms with Gasteiger partial charge in [0.15, 0.2) is 0 Å². The molecular weight excluding hydrogens is 452 g/mol. The largest absolute Gasteiger partial charge is 0.434 e. The zero-order valence-electron chi connectivity index (χ0n) is 17.8. The average Bonchev–Trinajstić information content (AvgIpc) is 3.27. The number of hydrogen-bond donors (Lipinski definition) is 1. The van der Waals surface area contributed by atoms with Crippen LogP contribution in [0, 0.1) is 0 Å². The van der Waals surface area contributed by atoms with Crippen molar-refractivity contribution in [2.24, 2.45) is 0 Å². The van der Waals surface area contributed by atoms with E-state index in [-0.39, 0.29) is 11.5 Å². The summed E-state index contributed by atoms with van der Waals surface area (Å²) in [5.41, 5.74) is 3.62. The Hall–Kier alpha value is -3.82. The number of ether oxygens (including phenoxy) is 2. The van der Waals surface area contributed by atoms with E-state index in [9.17, 15) is 17.6 Å². The first-order valence-electron chi connectivity index (χ1n) is 10.7. The second kappa shape index (κ2) is 9.20. The molecule has 2 aromatic carbocycles. The highest BCUT2D eigenvalue weighted by atomic mass is 19.3. The van der Waals surface area contributed by atoms with Gasteiger partial charge in [-0.3, -0.25) is 0 Å². The first kappa shape index (κ1) is 22.0. The molecule has 1 aliphatic heterocycles. The topological polar surface area (TPSA) is 61.2 Å². The highest BCUT2D eigenvalue weighted by Gasteiger charge is 2.35. The van der Waals surface area contributed by atoms with Crippen molar-refractivity contribution in [1.82, 2.24) is 14.8 Å². The monoisotopic (exact) mass is 472 g/mol. The quantitative estimate of drug-likeness (QED) is 0.445. The fraction of sp³-hybridized carbons (Fsp3) is 0.250. The zero-order valence-corrected chi connectivity index (χ0v) is 17.8. The highest BCUT2D eigenvalue weighted by molar-refractivity contribution is 5.68. The molecule has 6 nitrogen and oxygen atoms in total. The summed E-state index contributed by atoms with van der Waals surface area (Å²) in [5, 5.41) is 7.62. The molecule has 2 heterocycles. The molecule has 2 aliphatic rings. The van der Waals surface area contributed by atoms with Crippen LogP contribution in [0.5, 0.6) is 11.5 Å². The second-order valence-electron chi connectivity index (χ2n) is 7.81. The van der Waals surface area contributed by atoms with E-state index in [2.05, 4.69) is 20.1 Å². The van der Waals surface area contributed by atoms with Crippen molar-refractivity contribution < 1.29 is 27.0 Å². The van der Waals surface area contributed by atoms with Gasteiger partial charge in [-0.05, 0) is 48.6 Å². The van der Waals surface area contributed by atoms with Crippen molar-refractivity contribution >= 4 is 12.0 Å². The van der Waals surface area contributed by atoms with Gasteiger partial charge in [0.2, 0.25) is 5.95 Å². The maximum Gasteiger partial charge on any atom is 0.387 e. The lowest BCUT2D eigenvalue weighted by Gasteiger charge is -2.35. The molecule has 5 rings (SSSR count). The van der Waals surface area contributed by atoms with Crippen LogP contribution in [-0.4, -0.2) is 28.0 Å². The summed E-state index contributed by atoms with van der Waals surface area (Å²) in [6.45, 7) is -5.91. The fourth-order valence-corrected chi connectivity index (χ4v) is 4.51. The number of allylic oxidation sites excluding steroid dienone is 2. The molecule has 1 N–H and O–H groups in total. The van der Waals surface area contributed by atoms with E-state index in [1.807, 2.05) is 6.08 Å². The molecule has 0 radical (unpaired) electrons. The molecule has 0 amide bonds. The van der Waals surface area contributed by atoms with Crippen LogP contribution in [-0.2, 0) is 0 Å². The minimum absolute atomic E-state index is 0.0597. The molecule has 0 bridgehead atoms. The average molecular weight is 472 g/mol. The standard InChI is InChI=1S/C24H20F4N4O2/c25-22(26)33-18-10-3-1-6-14(18)12-15-7-5-9-17-20(15)31-24-29-13-30-32(24)21(17)16-8-2-4-11-19(16)34-23(27)28/h1-4,6,8,10-13,21-23H,5,7,9H2,(H,29,30,31)/b15-12+. The summed E-state index contributed by atoms with van der Waals surface area (Å²) in [5.74, 6) is 0.578. The van der Waals surface area contributed by atoms with E-state index in [1.54, 1.807) is 41.1 Å². The van der Waals surface area contributed by atoms with E-state index in [1.165, 1.54) is 18.5 Å². The molecule has 176 valence electrons. The molecule has 34 heavy (non-hydrogen) atoms. The van der Waals surface area contributed by atoms with Gasteiger partial charge < -0.3 is 14.8 Å². The lowest BCUT2D eigenvalue weighted by Crippen LogP contribution is -2.28. The van der Waals surface area contributed by atoms with Crippen molar-refractivity contribution in [3.63, 3.8) is 0 Å². The van der Waals surface area contributed by atoms with Gasteiger partial charge in [0.05, 0.1) is 0 Å². The van der Waals surface area contributed by atoms with Gasteiger partial charge in [0, 0.05) is 16.8 Å². The van der Waals surface area contributed by atoms with Crippen molar-refractivity contribution in [2.75, 3.05) is 5.32 Å². The molecule has 10 heteroatoms. The number of nitrogens with one attached hydrogen (secondary N) is 1. The predicted octanol–water partition coefficient (Wildman–Crippen LogP) is 6.02. The maximum atomic E-state index is 13.1. The first-order chi connectivity index (χ1) is 16.5. The van der Waals surface area contributed by atoms with Crippen LogP contribution in [0.3, 0.4) is 0 Å². The number of anilines is 1. The molecule has 1 aromatic heterocycles. The molecule has 1 atom stereocenters. The smallest absolute Gasteiger partial charge is 0.387 e. The number of benzene rings is 2. The van der Waals surface area contributed by atoms with Gasteiger partial charge >= 0.3 is 13.2 Å². The Morgan fingerprint density at radius 3 is 2.44 bits per heavy atom.